The van der Waals surface area contributed by atoms with E-state index < -0.39 is 0 Å². The lowest BCUT2D eigenvalue weighted by molar-refractivity contribution is 0.172. The summed E-state index contributed by atoms with van der Waals surface area (Å²) in [6, 6.07) is 6.21. The Morgan fingerprint density at radius 1 is 1.32 bits per heavy atom. The molecule has 0 spiro atoms. The molecule has 0 aromatic carbocycles. The Morgan fingerprint density at radius 3 is 2.84 bits per heavy atom. The van der Waals surface area contributed by atoms with E-state index in [4.69, 9.17) is 0 Å². The number of imidazole rings is 1. The van der Waals surface area contributed by atoms with Crippen LogP contribution < -0.4 is 5.32 Å². The van der Waals surface area contributed by atoms with Gasteiger partial charge < -0.3 is 10.2 Å². The quantitative estimate of drug-likeness (QED) is 0.915. The average molecular weight is 258 g/mol. The van der Waals surface area contributed by atoms with Gasteiger partial charge in [-0.05, 0) is 39.1 Å². The largest absolute Gasteiger partial charge is 0.369 e. The number of fused-ring (bicyclic) bond motifs is 1. The lowest BCUT2D eigenvalue weighted by Gasteiger charge is -2.36. The van der Waals surface area contributed by atoms with Crippen molar-refractivity contribution in [1.29, 1.82) is 0 Å². The number of anilines is 1. The molecule has 1 saturated carbocycles. The van der Waals surface area contributed by atoms with Gasteiger partial charge in [0.25, 0.3) is 0 Å². The van der Waals surface area contributed by atoms with Gasteiger partial charge in [-0.1, -0.05) is 18.9 Å². The molecule has 102 valence electrons. The highest BCUT2D eigenvalue weighted by Gasteiger charge is 2.35. The molecule has 0 atom stereocenters. The summed E-state index contributed by atoms with van der Waals surface area (Å²) < 4.78 is 2.11. The van der Waals surface area contributed by atoms with Crippen LogP contribution in [0.25, 0.3) is 5.65 Å². The third kappa shape index (κ3) is 2.21. The molecular weight excluding hydrogens is 236 g/mol. The van der Waals surface area contributed by atoms with Crippen LogP contribution in [0.5, 0.6) is 0 Å². The Labute approximate surface area is 114 Å². The minimum atomic E-state index is 0.308. The first kappa shape index (κ1) is 12.5. The summed E-state index contributed by atoms with van der Waals surface area (Å²) in [4.78, 5) is 6.71. The van der Waals surface area contributed by atoms with Crippen molar-refractivity contribution in [3.05, 3.63) is 30.6 Å². The highest BCUT2D eigenvalue weighted by molar-refractivity contribution is 5.50. The van der Waals surface area contributed by atoms with E-state index in [1.165, 1.54) is 25.7 Å². The van der Waals surface area contributed by atoms with Crippen molar-refractivity contribution in [3.63, 3.8) is 0 Å². The topological polar surface area (TPSA) is 32.6 Å². The third-order valence-electron chi connectivity index (χ3n) is 4.51. The molecule has 1 N–H and O–H groups in total. The predicted octanol–water partition coefficient (Wildman–Crippen LogP) is 2.62. The van der Waals surface area contributed by atoms with Gasteiger partial charge in [-0.25, -0.2) is 4.98 Å². The molecule has 1 aliphatic rings. The molecule has 0 amide bonds. The third-order valence-corrected chi connectivity index (χ3v) is 4.51. The molecule has 4 nitrogen and oxygen atoms in total. The maximum absolute atomic E-state index is 4.32. The smallest absolute Gasteiger partial charge is 0.138 e. The molecule has 0 unspecified atom stereocenters. The first-order valence-electron chi connectivity index (χ1n) is 7.05. The van der Waals surface area contributed by atoms with Gasteiger partial charge in [-0.15, -0.1) is 0 Å². The Bertz CT molecular complexity index is 552. The SMILES string of the molecule is CN(C)C1(CNc2cccc3nccn23)CCCC1. The summed E-state index contributed by atoms with van der Waals surface area (Å²) in [6.07, 6.45) is 9.11. The molecule has 2 aromatic rings. The second-order valence-corrected chi connectivity index (χ2v) is 5.75. The number of hydrogen-bond donors (Lipinski definition) is 1. The van der Waals surface area contributed by atoms with E-state index in [1.54, 1.807) is 0 Å². The molecule has 4 heteroatoms. The van der Waals surface area contributed by atoms with Crippen LogP contribution in [0.2, 0.25) is 0 Å². The maximum atomic E-state index is 4.32. The fourth-order valence-electron chi connectivity index (χ4n) is 3.16. The predicted molar refractivity (Wildman–Crippen MR) is 78.6 cm³/mol. The van der Waals surface area contributed by atoms with Crippen LogP contribution in [0, 0.1) is 0 Å². The average Bonchev–Trinajstić information content (AvgIpc) is 3.06. The van der Waals surface area contributed by atoms with Crippen LogP contribution in [0.4, 0.5) is 5.82 Å². The van der Waals surface area contributed by atoms with Gasteiger partial charge in [0, 0.05) is 24.5 Å². The number of rotatable bonds is 4. The van der Waals surface area contributed by atoms with E-state index in [0.717, 1.165) is 18.0 Å². The molecule has 2 heterocycles. The molecule has 0 aliphatic heterocycles. The van der Waals surface area contributed by atoms with E-state index >= 15 is 0 Å². The number of pyridine rings is 1. The van der Waals surface area contributed by atoms with Gasteiger partial charge in [0.2, 0.25) is 0 Å². The van der Waals surface area contributed by atoms with E-state index in [2.05, 4.69) is 45.8 Å². The summed E-state index contributed by atoms with van der Waals surface area (Å²) in [5.41, 5.74) is 1.30. The van der Waals surface area contributed by atoms with E-state index in [1.807, 2.05) is 18.5 Å². The van der Waals surface area contributed by atoms with Crippen molar-refractivity contribution in [1.82, 2.24) is 14.3 Å². The van der Waals surface area contributed by atoms with Crippen LogP contribution in [-0.4, -0.2) is 40.5 Å². The van der Waals surface area contributed by atoms with Crippen LogP contribution in [0.3, 0.4) is 0 Å². The Kier molecular flexibility index (Phi) is 3.19. The zero-order chi connectivity index (χ0) is 13.3. The molecule has 0 bridgehead atoms. The van der Waals surface area contributed by atoms with Gasteiger partial charge in [0.1, 0.15) is 11.5 Å². The minimum Gasteiger partial charge on any atom is -0.369 e. The van der Waals surface area contributed by atoms with Crippen molar-refractivity contribution >= 4 is 11.5 Å². The van der Waals surface area contributed by atoms with Gasteiger partial charge >= 0.3 is 0 Å². The van der Waals surface area contributed by atoms with Gasteiger partial charge in [0.15, 0.2) is 0 Å². The highest BCUT2D eigenvalue weighted by Crippen LogP contribution is 2.33. The standard InChI is InChI=1S/C15H22N4/c1-18(2)15(8-3-4-9-15)12-17-14-7-5-6-13-16-10-11-19(13)14/h5-7,10-11,17H,3-4,8-9,12H2,1-2H3. The van der Waals surface area contributed by atoms with Crippen LogP contribution in [0.1, 0.15) is 25.7 Å². The van der Waals surface area contributed by atoms with E-state index in [9.17, 15) is 0 Å². The van der Waals surface area contributed by atoms with Crippen LogP contribution >= 0.6 is 0 Å². The fourth-order valence-corrected chi connectivity index (χ4v) is 3.16. The molecule has 0 radical (unpaired) electrons. The van der Waals surface area contributed by atoms with Gasteiger partial charge in [-0.2, -0.15) is 0 Å². The molecule has 3 rings (SSSR count). The van der Waals surface area contributed by atoms with Crippen LogP contribution in [0.15, 0.2) is 30.6 Å². The van der Waals surface area contributed by atoms with Gasteiger partial charge in [-0.3, -0.25) is 4.40 Å². The minimum absolute atomic E-state index is 0.308. The van der Waals surface area contributed by atoms with E-state index in [0.29, 0.717) is 5.54 Å². The molecule has 0 saturated heterocycles. The van der Waals surface area contributed by atoms with Crippen molar-refractivity contribution in [2.75, 3.05) is 26.0 Å². The first-order valence-corrected chi connectivity index (χ1v) is 7.05. The molecule has 1 fully saturated rings. The van der Waals surface area contributed by atoms with Crippen molar-refractivity contribution in [2.24, 2.45) is 0 Å². The van der Waals surface area contributed by atoms with Crippen molar-refractivity contribution in [2.45, 2.75) is 31.2 Å². The first-order chi connectivity index (χ1) is 9.21. The summed E-state index contributed by atoms with van der Waals surface area (Å²) in [5.74, 6) is 1.13. The second-order valence-electron chi connectivity index (χ2n) is 5.75. The monoisotopic (exact) mass is 258 g/mol. The lowest BCUT2D eigenvalue weighted by Crippen LogP contribution is -2.47. The number of nitrogens with zero attached hydrogens (tertiary/aromatic N) is 3. The fraction of sp³-hybridized carbons (Fsp3) is 0.533. The van der Waals surface area contributed by atoms with Crippen LogP contribution in [-0.2, 0) is 0 Å². The normalized spacial score (nSPS) is 18.3. The number of hydrogen-bond acceptors (Lipinski definition) is 3. The zero-order valence-electron chi connectivity index (χ0n) is 11.8. The number of likely N-dealkylation sites (N-methyl/N-ethyl adjacent to an activating group) is 1. The molecule has 19 heavy (non-hydrogen) atoms. The molecular formula is C15H22N4. The Balaban J connectivity index is 1.80. The molecule has 1 aliphatic carbocycles. The van der Waals surface area contributed by atoms with Crippen molar-refractivity contribution < 1.29 is 0 Å². The zero-order valence-corrected chi connectivity index (χ0v) is 11.8. The highest BCUT2D eigenvalue weighted by atomic mass is 15.2. The number of aromatic nitrogens is 2. The summed E-state index contributed by atoms with van der Waals surface area (Å²) >= 11 is 0. The summed E-state index contributed by atoms with van der Waals surface area (Å²) in [7, 11) is 4.40. The Hall–Kier alpha value is -1.55. The number of nitrogens with one attached hydrogen (secondary N) is 1. The Morgan fingerprint density at radius 2 is 2.11 bits per heavy atom. The lowest BCUT2D eigenvalue weighted by atomic mass is 9.96. The van der Waals surface area contributed by atoms with E-state index in [-0.39, 0.29) is 0 Å². The summed E-state index contributed by atoms with van der Waals surface area (Å²) in [6.45, 7) is 0.997. The molecule has 2 aromatic heterocycles. The summed E-state index contributed by atoms with van der Waals surface area (Å²) in [5, 5.41) is 3.62. The van der Waals surface area contributed by atoms with Crippen molar-refractivity contribution in [3.8, 4) is 0 Å². The second kappa shape index (κ2) is 4.85. The van der Waals surface area contributed by atoms with Gasteiger partial charge in [0.05, 0.1) is 0 Å². The maximum Gasteiger partial charge on any atom is 0.138 e.